The van der Waals surface area contributed by atoms with Crippen LogP contribution in [-0.4, -0.2) is 82.2 Å². The molecule has 0 spiro atoms. The van der Waals surface area contributed by atoms with Crippen LogP contribution in [0.4, 0.5) is 15.3 Å². The number of amides is 4. The minimum absolute atomic E-state index is 0.0494. The molecular weight excluding hydrogens is 696 g/mol. The van der Waals surface area contributed by atoms with Crippen LogP contribution in [-0.2, 0) is 46.2 Å². The first kappa shape index (κ1) is 37.9. The lowest BCUT2D eigenvalue weighted by Crippen LogP contribution is -2.44. The number of nitrogens with zero attached hydrogens (tertiary/aromatic N) is 4. The fraction of sp³-hybridized carbons (Fsp3) is 0.368. The van der Waals surface area contributed by atoms with Gasteiger partial charge in [0.1, 0.15) is 12.4 Å². The number of nitrogens with one attached hydrogen (secondary N) is 2. The molecule has 0 saturated carbocycles. The minimum atomic E-state index is -1.92. The Bertz CT molecular complexity index is 2200. The molecule has 54 heavy (non-hydrogen) atoms. The number of carbonyl (C=O) groups is 4. The fourth-order valence-electron chi connectivity index (χ4n) is 6.77. The highest BCUT2D eigenvalue weighted by atomic mass is 16.6. The van der Waals surface area contributed by atoms with Crippen molar-refractivity contribution in [3.8, 4) is 17.1 Å². The van der Waals surface area contributed by atoms with Gasteiger partial charge < -0.3 is 51.0 Å². The number of anilines is 1. The molecule has 4 heterocycles. The highest BCUT2D eigenvalue weighted by Gasteiger charge is 2.45. The SMILES string of the molecule is CC[C@@]1(O)C(=O)OCc2c1cc1n(c2=O)Cc2cc3c(CN(C)C)c(OC(=O)N(C)Cc4ccc(NC(=O)[C@@H](N)CCCNC(N)=O)cc4)ccc3nc2-1. The molecule has 2 aliphatic heterocycles. The Kier molecular flexibility index (Phi) is 10.7. The van der Waals surface area contributed by atoms with Gasteiger partial charge in [0, 0.05) is 54.4 Å². The second-order valence-corrected chi connectivity index (χ2v) is 13.9. The third-order valence-electron chi connectivity index (χ3n) is 9.71. The molecule has 2 aliphatic rings. The van der Waals surface area contributed by atoms with Gasteiger partial charge in [-0.25, -0.2) is 19.4 Å². The highest BCUT2D eigenvalue weighted by molar-refractivity contribution is 5.94. The van der Waals surface area contributed by atoms with Crippen molar-refractivity contribution in [3.05, 3.63) is 86.7 Å². The van der Waals surface area contributed by atoms with Crippen LogP contribution < -0.4 is 32.4 Å². The molecule has 0 saturated heterocycles. The van der Waals surface area contributed by atoms with Crippen LogP contribution in [0, 0.1) is 0 Å². The molecule has 2 aromatic heterocycles. The van der Waals surface area contributed by atoms with E-state index in [2.05, 4.69) is 10.6 Å². The van der Waals surface area contributed by atoms with Crippen LogP contribution in [0.25, 0.3) is 22.3 Å². The molecule has 0 aliphatic carbocycles. The number of hydrogen-bond donors (Lipinski definition) is 5. The predicted molar refractivity (Wildman–Crippen MR) is 199 cm³/mol. The number of cyclic esters (lactones) is 1. The Morgan fingerprint density at radius 3 is 2.52 bits per heavy atom. The summed E-state index contributed by atoms with van der Waals surface area (Å²) in [7, 11) is 5.43. The number of aliphatic hydroxyl groups is 1. The summed E-state index contributed by atoms with van der Waals surface area (Å²) in [4.78, 5) is 71.2. The van der Waals surface area contributed by atoms with E-state index < -0.39 is 29.7 Å². The van der Waals surface area contributed by atoms with E-state index >= 15 is 0 Å². The number of ether oxygens (including phenoxy) is 2. The van der Waals surface area contributed by atoms with E-state index in [1.165, 1.54) is 4.90 Å². The fourth-order valence-corrected chi connectivity index (χ4v) is 6.77. The second kappa shape index (κ2) is 15.3. The number of fused-ring (bicyclic) bond motifs is 5. The average Bonchev–Trinajstić information content (AvgIpc) is 3.50. The smallest absolute Gasteiger partial charge is 0.415 e. The summed E-state index contributed by atoms with van der Waals surface area (Å²) in [6, 6.07) is 12.7. The van der Waals surface area contributed by atoms with Crippen molar-refractivity contribution in [2.75, 3.05) is 33.0 Å². The maximum atomic E-state index is 13.6. The number of benzene rings is 2. The zero-order chi connectivity index (χ0) is 38.9. The van der Waals surface area contributed by atoms with E-state index in [9.17, 15) is 29.1 Å². The summed E-state index contributed by atoms with van der Waals surface area (Å²) < 4.78 is 12.7. The van der Waals surface area contributed by atoms with E-state index in [1.54, 1.807) is 61.0 Å². The van der Waals surface area contributed by atoms with Gasteiger partial charge in [0.15, 0.2) is 5.60 Å². The first-order valence-corrected chi connectivity index (χ1v) is 17.6. The maximum Gasteiger partial charge on any atom is 0.415 e. The Hall–Kier alpha value is -5.84. The summed E-state index contributed by atoms with van der Waals surface area (Å²) in [5.74, 6) is -0.777. The number of hydrogen-bond acceptors (Lipinski definition) is 11. The molecule has 2 aromatic carbocycles. The normalized spacial score (nSPS) is 16.2. The van der Waals surface area contributed by atoms with Gasteiger partial charge in [0.25, 0.3) is 5.56 Å². The molecule has 2 atom stereocenters. The van der Waals surface area contributed by atoms with Gasteiger partial charge in [-0.1, -0.05) is 19.1 Å². The Morgan fingerprint density at radius 2 is 1.83 bits per heavy atom. The first-order chi connectivity index (χ1) is 25.7. The lowest BCUT2D eigenvalue weighted by Gasteiger charge is -2.31. The largest absolute Gasteiger partial charge is 0.458 e. The highest BCUT2D eigenvalue weighted by Crippen LogP contribution is 2.40. The van der Waals surface area contributed by atoms with Crippen LogP contribution in [0.3, 0.4) is 0 Å². The Balaban J connectivity index is 1.18. The zero-order valence-electron chi connectivity index (χ0n) is 30.6. The van der Waals surface area contributed by atoms with Crippen molar-refractivity contribution in [2.24, 2.45) is 11.5 Å². The molecule has 284 valence electrons. The summed E-state index contributed by atoms with van der Waals surface area (Å²) in [6.07, 6.45) is 0.334. The molecule has 4 aromatic rings. The topological polar surface area (TPSA) is 224 Å². The van der Waals surface area contributed by atoms with Crippen molar-refractivity contribution >= 4 is 40.6 Å². The van der Waals surface area contributed by atoms with E-state index in [0.717, 1.165) is 22.1 Å². The van der Waals surface area contributed by atoms with E-state index in [4.69, 9.17) is 25.9 Å². The predicted octanol–water partition coefficient (Wildman–Crippen LogP) is 2.49. The first-order valence-electron chi connectivity index (χ1n) is 17.6. The standard InChI is InChI=1S/C38H44N8O8/c1-5-38(52)27-16-30-32-22(18-46(30)34(48)26(27)20-53-35(38)49)15-24-25(19-44(2)3)31(13-12-29(24)43-32)54-37(51)45(4)17-21-8-10-23(11-9-21)42-33(47)28(39)7-6-14-41-36(40)50/h8-13,15-16,28,52H,5-7,14,17-20,39H2,1-4H3,(H,42,47)(H3,40,41,50)/t28-,38-/m0/s1. The Labute approximate surface area is 311 Å². The van der Waals surface area contributed by atoms with Gasteiger partial charge in [0.2, 0.25) is 5.91 Å². The van der Waals surface area contributed by atoms with Crippen molar-refractivity contribution in [2.45, 2.75) is 64.1 Å². The van der Waals surface area contributed by atoms with Gasteiger partial charge in [-0.05, 0) is 75.3 Å². The minimum Gasteiger partial charge on any atom is -0.458 e. The quantitative estimate of drug-likeness (QED) is 0.0923. The number of urea groups is 1. The number of aromatic nitrogens is 2. The number of rotatable bonds is 12. The van der Waals surface area contributed by atoms with Gasteiger partial charge in [-0.3, -0.25) is 9.59 Å². The third-order valence-corrected chi connectivity index (χ3v) is 9.71. The third kappa shape index (κ3) is 7.48. The monoisotopic (exact) mass is 740 g/mol. The van der Waals surface area contributed by atoms with E-state index in [0.29, 0.717) is 54.3 Å². The summed E-state index contributed by atoms with van der Waals surface area (Å²) in [6.45, 7) is 2.66. The van der Waals surface area contributed by atoms with Crippen molar-refractivity contribution < 1.29 is 33.8 Å². The van der Waals surface area contributed by atoms with E-state index in [1.807, 2.05) is 25.1 Å². The van der Waals surface area contributed by atoms with Crippen LogP contribution in [0.15, 0.2) is 53.3 Å². The zero-order valence-corrected chi connectivity index (χ0v) is 30.6. The molecular formula is C38H44N8O8. The molecule has 0 radical (unpaired) electrons. The van der Waals surface area contributed by atoms with Gasteiger partial charge in [-0.15, -0.1) is 0 Å². The lowest BCUT2D eigenvalue weighted by atomic mass is 9.86. The van der Waals surface area contributed by atoms with Crippen LogP contribution >= 0.6 is 0 Å². The molecule has 7 N–H and O–H groups in total. The molecule has 4 amide bonds. The maximum absolute atomic E-state index is 13.6. The number of esters is 1. The average molecular weight is 741 g/mol. The molecule has 6 rings (SSSR count). The van der Waals surface area contributed by atoms with Crippen LogP contribution in [0.2, 0.25) is 0 Å². The van der Waals surface area contributed by atoms with Gasteiger partial charge in [-0.2, -0.15) is 0 Å². The Morgan fingerprint density at radius 1 is 1.09 bits per heavy atom. The van der Waals surface area contributed by atoms with Crippen molar-refractivity contribution in [1.82, 2.24) is 24.7 Å². The number of nitrogens with two attached hydrogens (primary N) is 2. The van der Waals surface area contributed by atoms with E-state index in [-0.39, 0.29) is 48.7 Å². The van der Waals surface area contributed by atoms with Gasteiger partial charge >= 0.3 is 18.1 Å². The van der Waals surface area contributed by atoms with Crippen LogP contribution in [0.1, 0.15) is 54.0 Å². The molecule has 16 nitrogen and oxygen atoms in total. The molecule has 16 heteroatoms. The van der Waals surface area contributed by atoms with Gasteiger partial charge in [0.05, 0.1) is 35.1 Å². The molecule has 0 fully saturated rings. The summed E-state index contributed by atoms with van der Waals surface area (Å²) in [5, 5.41) is 17.2. The number of primary amides is 1. The van der Waals surface area contributed by atoms with Crippen molar-refractivity contribution in [1.29, 1.82) is 0 Å². The molecule has 0 bridgehead atoms. The summed E-state index contributed by atoms with van der Waals surface area (Å²) >= 11 is 0. The number of carbonyl (C=O) groups excluding carboxylic acids is 4. The van der Waals surface area contributed by atoms with Crippen molar-refractivity contribution in [3.63, 3.8) is 0 Å². The number of pyridine rings is 2. The summed E-state index contributed by atoms with van der Waals surface area (Å²) in [5.41, 5.74) is 13.8. The molecule has 0 unspecified atom stereocenters. The lowest BCUT2D eigenvalue weighted by molar-refractivity contribution is -0.172. The second-order valence-electron chi connectivity index (χ2n) is 13.9. The van der Waals surface area contributed by atoms with Crippen LogP contribution in [0.5, 0.6) is 5.75 Å².